The van der Waals surface area contributed by atoms with Crippen LogP contribution in [0.25, 0.3) is 0 Å². The predicted molar refractivity (Wildman–Crippen MR) is 88.1 cm³/mol. The van der Waals surface area contributed by atoms with E-state index in [4.69, 9.17) is 0 Å². The first-order chi connectivity index (χ1) is 11.0. The van der Waals surface area contributed by atoms with Gasteiger partial charge in [-0.1, -0.05) is 13.0 Å². The number of hydrogen-bond donors (Lipinski definition) is 2. The third-order valence-corrected chi connectivity index (χ3v) is 3.93. The first kappa shape index (κ1) is 17.0. The topological polar surface area (TPSA) is 78.5 Å². The fourth-order valence-corrected chi connectivity index (χ4v) is 2.71. The molecule has 0 spiro atoms. The molecule has 0 aromatic heterocycles. The fourth-order valence-electron chi connectivity index (χ4n) is 2.71. The molecule has 0 saturated carbocycles. The summed E-state index contributed by atoms with van der Waals surface area (Å²) in [6.45, 7) is 4.66. The van der Waals surface area contributed by atoms with Gasteiger partial charge in [0.2, 0.25) is 11.8 Å². The van der Waals surface area contributed by atoms with Crippen LogP contribution in [0, 0.1) is 0 Å². The van der Waals surface area contributed by atoms with Gasteiger partial charge in [0, 0.05) is 43.7 Å². The minimum atomic E-state index is -0.171. The van der Waals surface area contributed by atoms with Crippen LogP contribution in [0.5, 0.6) is 0 Å². The van der Waals surface area contributed by atoms with Gasteiger partial charge in [0.05, 0.1) is 0 Å². The van der Waals surface area contributed by atoms with Crippen molar-refractivity contribution in [2.75, 3.05) is 18.4 Å². The smallest absolute Gasteiger partial charge is 0.251 e. The van der Waals surface area contributed by atoms with Crippen LogP contribution in [-0.2, 0) is 9.59 Å². The van der Waals surface area contributed by atoms with E-state index in [-0.39, 0.29) is 23.8 Å². The molecular formula is C17H23N3O3. The summed E-state index contributed by atoms with van der Waals surface area (Å²) in [5.41, 5.74) is 1.12. The normalized spacial score (nSPS) is 15.1. The van der Waals surface area contributed by atoms with Crippen molar-refractivity contribution in [1.29, 1.82) is 0 Å². The molecule has 1 saturated heterocycles. The third kappa shape index (κ3) is 4.81. The van der Waals surface area contributed by atoms with Crippen LogP contribution < -0.4 is 10.6 Å². The largest absolute Gasteiger partial charge is 0.349 e. The zero-order chi connectivity index (χ0) is 16.8. The quantitative estimate of drug-likeness (QED) is 0.888. The molecule has 124 valence electrons. The van der Waals surface area contributed by atoms with Crippen molar-refractivity contribution >= 4 is 23.4 Å². The Hall–Kier alpha value is -2.37. The Morgan fingerprint density at radius 3 is 2.52 bits per heavy atom. The number of anilines is 1. The lowest BCUT2D eigenvalue weighted by atomic mass is 10.0. The summed E-state index contributed by atoms with van der Waals surface area (Å²) in [6.07, 6.45) is 2.05. The van der Waals surface area contributed by atoms with Crippen molar-refractivity contribution in [1.82, 2.24) is 10.2 Å². The zero-order valence-corrected chi connectivity index (χ0v) is 13.6. The number of amides is 3. The fraction of sp³-hybridized carbons (Fsp3) is 0.471. The molecule has 2 N–H and O–H groups in total. The van der Waals surface area contributed by atoms with E-state index in [1.54, 1.807) is 24.3 Å². The molecule has 6 nitrogen and oxygen atoms in total. The van der Waals surface area contributed by atoms with Gasteiger partial charge < -0.3 is 15.5 Å². The summed E-state index contributed by atoms with van der Waals surface area (Å²) in [6, 6.07) is 6.94. The van der Waals surface area contributed by atoms with E-state index < -0.39 is 0 Å². The Balaban J connectivity index is 1.90. The summed E-state index contributed by atoms with van der Waals surface area (Å²) in [7, 11) is 0. The molecule has 0 bridgehead atoms. The lowest BCUT2D eigenvalue weighted by molar-refractivity contribution is -0.131. The molecule has 0 unspecified atom stereocenters. The van der Waals surface area contributed by atoms with Gasteiger partial charge in [-0.3, -0.25) is 14.4 Å². The molecule has 1 aliphatic rings. The van der Waals surface area contributed by atoms with Crippen LogP contribution in [0.2, 0.25) is 0 Å². The molecule has 1 aromatic rings. The molecule has 23 heavy (non-hydrogen) atoms. The Morgan fingerprint density at radius 1 is 1.22 bits per heavy atom. The average Bonchev–Trinajstić information content (AvgIpc) is 2.54. The van der Waals surface area contributed by atoms with E-state index in [2.05, 4.69) is 10.6 Å². The van der Waals surface area contributed by atoms with Gasteiger partial charge in [0.25, 0.3) is 5.91 Å². The van der Waals surface area contributed by atoms with E-state index in [0.717, 1.165) is 12.8 Å². The minimum Gasteiger partial charge on any atom is -0.349 e. The molecule has 6 heteroatoms. The zero-order valence-electron chi connectivity index (χ0n) is 13.6. The van der Waals surface area contributed by atoms with Crippen LogP contribution in [0.4, 0.5) is 5.69 Å². The number of nitrogens with zero attached hydrogens (tertiary/aromatic N) is 1. The van der Waals surface area contributed by atoms with Crippen molar-refractivity contribution in [2.24, 2.45) is 0 Å². The van der Waals surface area contributed by atoms with E-state index in [1.165, 1.54) is 6.92 Å². The van der Waals surface area contributed by atoms with Gasteiger partial charge >= 0.3 is 0 Å². The summed E-state index contributed by atoms with van der Waals surface area (Å²) >= 11 is 0. The second-order valence-electron chi connectivity index (χ2n) is 5.74. The van der Waals surface area contributed by atoms with Crippen LogP contribution >= 0.6 is 0 Å². The Bertz CT molecular complexity index is 593. The van der Waals surface area contributed by atoms with Gasteiger partial charge in [0.15, 0.2) is 0 Å². The van der Waals surface area contributed by atoms with Crippen molar-refractivity contribution in [3.05, 3.63) is 29.8 Å². The standard InChI is InChI=1S/C17H23N3O3/c1-3-16(22)20-9-7-14(8-10-20)19-17(23)13-5-4-6-15(11-13)18-12(2)21/h4-6,11,14H,3,7-10H2,1-2H3,(H,18,21)(H,19,23). The van der Waals surface area contributed by atoms with Gasteiger partial charge in [-0.25, -0.2) is 0 Å². The molecular weight excluding hydrogens is 294 g/mol. The van der Waals surface area contributed by atoms with Gasteiger partial charge in [-0.05, 0) is 31.0 Å². The van der Waals surface area contributed by atoms with E-state index in [9.17, 15) is 14.4 Å². The highest BCUT2D eigenvalue weighted by atomic mass is 16.2. The highest BCUT2D eigenvalue weighted by Gasteiger charge is 2.23. The predicted octanol–water partition coefficient (Wildman–Crippen LogP) is 1.78. The van der Waals surface area contributed by atoms with Crippen LogP contribution in [0.3, 0.4) is 0 Å². The Kier molecular flexibility index (Phi) is 5.73. The number of benzene rings is 1. The monoisotopic (exact) mass is 317 g/mol. The maximum Gasteiger partial charge on any atom is 0.251 e. The first-order valence-electron chi connectivity index (χ1n) is 7.96. The molecule has 1 heterocycles. The number of carbonyl (C=O) groups excluding carboxylic acids is 3. The number of rotatable bonds is 4. The molecule has 1 fully saturated rings. The molecule has 0 aliphatic carbocycles. The molecule has 3 amide bonds. The molecule has 0 atom stereocenters. The van der Waals surface area contributed by atoms with E-state index in [1.807, 2.05) is 11.8 Å². The van der Waals surface area contributed by atoms with Crippen molar-refractivity contribution < 1.29 is 14.4 Å². The molecule has 2 rings (SSSR count). The van der Waals surface area contributed by atoms with Crippen molar-refractivity contribution in [3.8, 4) is 0 Å². The lowest BCUT2D eigenvalue weighted by Gasteiger charge is -2.32. The number of hydrogen-bond acceptors (Lipinski definition) is 3. The van der Waals surface area contributed by atoms with Crippen LogP contribution in [0.1, 0.15) is 43.5 Å². The number of piperidine rings is 1. The molecule has 0 radical (unpaired) electrons. The number of carbonyl (C=O) groups is 3. The summed E-state index contributed by atoms with van der Waals surface area (Å²) < 4.78 is 0. The van der Waals surface area contributed by atoms with Gasteiger partial charge in [-0.2, -0.15) is 0 Å². The summed E-state index contributed by atoms with van der Waals surface area (Å²) in [5.74, 6) is -0.161. The second kappa shape index (κ2) is 7.76. The average molecular weight is 317 g/mol. The van der Waals surface area contributed by atoms with Crippen molar-refractivity contribution in [3.63, 3.8) is 0 Å². The van der Waals surface area contributed by atoms with Crippen LogP contribution in [-0.4, -0.2) is 41.8 Å². The summed E-state index contributed by atoms with van der Waals surface area (Å²) in [4.78, 5) is 36.9. The van der Waals surface area contributed by atoms with Gasteiger partial charge in [-0.15, -0.1) is 0 Å². The number of nitrogens with one attached hydrogen (secondary N) is 2. The van der Waals surface area contributed by atoms with Crippen molar-refractivity contribution in [2.45, 2.75) is 39.2 Å². The highest BCUT2D eigenvalue weighted by molar-refractivity contribution is 5.96. The third-order valence-electron chi connectivity index (χ3n) is 3.93. The maximum atomic E-state index is 12.3. The second-order valence-corrected chi connectivity index (χ2v) is 5.74. The SMILES string of the molecule is CCC(=O)N1CCC(NC(=O)c2cccc(NC(C)=O)c2)CC1. The Labute approximate surface area is 136 Å². The first-order valence-corrected chi connectivity index (χ1v) is 7.96. The van der Waals surface area contributed by atoms with E-state index >= 15 is 0 Å². The minimum absolute atomic E-state index is 0.0767. The van der Waals surface area contributed by atoms with E-state index in [0.29, 0.717) is 30.8 Å². The lowest BCUT2D eigenvalue weighted by Crippen LogP contribution is -2.46. The molecule has 1 aromatic carbocycles. The molecule has 1 aliphatic heterocycles. The van der Waals surface area contributed by atoms with Gasteiger partial charge in [0.1, 0.15) is 0 Å². The maximum absolute atomic E-state index is 12.3. The highest BCUT2D eigenvalue weighted by Crippen LogP contribution is 2.14. The van der Waals surface area contributed by atoms with Crippen LogP contribution in [0.15, 0.2) is 24.3 Å². The Morgan fingerprint density at radius 2 is 1.91 bits per heavy atom. The summed E-state index contributed by atoms with van der Waals surface area (Å²) in [5, 5.41) is 5.67. The number of likely N-dealkylation sites (tertiary alicyclic amines) is 1.